The van der Waals surface area contributed by atoms with Crippen molar-refractivity contribution in [3.63, 3.8) is 0 Å². The van der Waals surface area contributed by atoms with Crippen LogP contribution in [0.3, 0.4) is 0 Å². The Balaban J connectivity index is 0.00000280. The molecule has 1 aromatic rings. The maximum atomic E-state index is 5.53. The van der Waals surface area contributed by atoms with Crippen molar-refractivity contribution >= 4 is 29.9 Å². The SMILES string of the molecule is CN=C(NCC(c1ccc(OC)cc1)N1CCOCC1)NCC1(C)COC1.I. The van der Waals surface area contributed by atoms with E-state index in [2.05, 4.69) is 39.6 Å². The Morgan fingerprint density at radius 1 is 1.18 bits per heavy atom. The number of halogens is 1. The minimum absolute atomic E-state index is 0. The van der Waals surface area contributed by atoms with Crippen LogP contribution in [-0.2, 0) is 9.47 Å². The van der Waals surface area contributed by atoms with Crippen molar-refractivity contribution in [3.8, 4) is 5.75 Å². The fourth-order valence-corrected chi connectivity index (χ4v) is 3.44. The normalized spacial score (nSPS) is 20.5. The summed E-state index contributed by atoms with van der Waals surface area (Å²) in [6, 6.07) is 8.58. The molecule has 28 heavy (non-hydrogen) atoms. The Morgan fingerprint density at radius 3 is 2.39 bits per heavy atom. The summed E-state index contributed by atoms with van der Waals surface area (Å²) in [6.45, 7) is 8.88. The summed E-state index contributed by atoms with van der Waals surface area (Å²) in [6.07, 6.45) is 0. The van der Waals surface area contributed by atoms with Gasteiger partial charge in [0.1, 0.15) is 5.75 Å². The van der Waals surface area contributed by atoms with E-state index < -0.39 is 0 Å². The Hall–Kier alpha value is -1.10. The Bertz CT molecular complexity index is 616. The van der Waals surface area contributed by atoms with Crippen LogP contribution in [0, 0.1) is 5.41 Å². The topological polar surface area (TPSA) is 67.4 Å². The molecular weight excluding hydrogens is 471 g/mol. The van der Waals surface area contributed by atoms with Gasteiger partial charge in [-0.3, -0.25) is 9.89 Å². The smallest absolute Gasteiger partial charge is 0.191 e. The van der Waals surface area contributed by atoms with E-state index in [-0.39, 0.29) is 35.4 Å². The lowest BCUT2D eigenvalue weighted by Gasteiger charge is -2.38. The van der Waals surface area contributed by atoms with E-state index in [1.165, 1.54) is 5.56 Å². The number of guanidine groups is 1. The molecule has 0 saturated carbocycles. The van der Waals surface area contributed by atoms with E-state index in [1.54, 1.807) is 7.11 Å². The van der Waals surface area contributed by atoms with Crippen molar-refractivity contribution in [2.24, 2.45) is 10.4 Å². The molecule has 0 bridgehead atoms. The zero-order valence-corrected chi connectivity index (χ0v) is 19.4. The fourth-order valence-electron chi connectivity index (χ4n) is 3.44. The maximum Gasteiger partial charge on any atom is 0.191 e. The predicted octanol–water partition coefficient (Wildman–Crippen LogP) is 1.89. The second kappa shape index (κ2) is 11.2. The number of nitrogens with zero attached hydrogens (tertiary/aromatic N) is 2. The van der Waals surface area contributed by atoms with Crippen molar-refractivity contribution in [2.75, 3.05) is 66.8 Å². The molecule has 1 atom stereocenters. The zero-order valence-electron chi connectivity index (χ0n) is 17.1. The van der Waals surface area contributed by atoms with E-state index in [0.717, 1.165) is 64.3 Å². The molecule has 2 heterocycles. The highest BCUT2D eigenvalue weighted by atomic mass is 127. The van der Waals surface area contributed by atoms with Crippen molar-refractivity contribution < 1.29 is 14.2 Å². The standard InChI is InChI=1S/C20H32N4O3.HI/c1-20(14-27-15-20)13-23-19(21-2)22-12-18(24-8-10-26-11-9-24)16-4-6-17(25-3)7-5-16;/h4-7,18H,8-15H2,1-3H3,(H2,21,22,23);1H. The van der Waals surface area contributed by atoms with Crippen LogP contribution in [-0.4, -0.2) is 77.6 Å². The molecule has 1 unspecified atom stereocenters. The molecule has 0 aromatic heterocycles. The number of methoxy groups -OCH3 is 1. The first kappa shape index (κ1) is 23.2. The molecular formula is C20H33IN4O3. The van der Waals surface area contributed by atoms with Gasteiger partial charge in [0.25, 0.3) is 0 Å². The lowest BCUT2D eigenvalue weighted by molar-refractivity contribution is -0.0971. The Kier molecular flexibility index (Phi) is 9.26. The van der Waals surface area contributed by atoms with Gasteiger partial charge >= 0.3 is 0 Å². The number of hydrogen-bond acceptors (Lipinski definition) is 5. The first-order chi connectivity index (χ1) is 13.1. The van der Waals surface area contributed by atoms with Gasteiger partial charge < -0.3 is 24.8 Å². The lowest BCUT2D eigenvalue weighted by atomic mass is 9.89. The molecule has 2 aliphatic heterocycles. The zero-order chi connectivity index (χ0) is 19.1. The number of morpholine rings is 1. The van der Waals surface area contributed by atoms with Gasteiger partial charge in [0.15, 0.2) is 5.96 Å². The first-order valence-electron chi connectivity index (χ1n) is 9.61. The summed E-state index contributed by atoms with van der Waals surface area (Å²) >= 11 is 0. The first-order valence-corrected chi connectivity index (χ1v) is 9.61. The molecule has 7 nitrogen and oxygen atoms in total. The average molecular weight is 504 g/mol. The minimum Gasteiger partial charge on any atom is -0.497 e. The summed E-state index contributed by atoms with van der Waals surface area (Å²) < 4.78 is 16.2. The maximum absolute atomic E-state index is 5.53. The summed E-state index contributed by atoms with van der Waals surface area (Å²) in [5.74, 6) is 1.70. The molecule has 158 valence electrons. The van der Waals surface area contributed by atoms with Crippen LogP contribution in [0.1, 0.15) is 18.5 Å². The van der Waals surface area contributed by atoms with E-state index in [0.29, 0.717) is 0 Å². The molecule has 2 N–H and O–H groups in total. The summed E-state index contributed by atoms with van der Waals surface area (Å²) in [4.78, 5) is 6.84. The Labute approximate surface area is 185 Å². The van der Waals surface area contributed by atoms with Crippen LogP contribution in [0.5, 0.6) is 5.75 Å². The highest BCUT2D eigenvalue weighted by molar-refractivity contribution is 14.0. The number of hydrogen-bond donors (Lipinski definition) is 2. The third kappa shape index (κ3) is 6.20. The molecule has 8 heteroatoms. The van der Waals surface area contributed by atoms with Crippen molar-refractivity contribution in [3.05, 3.63) is 29.8 Å². The van der Waals surface area contributed by atoms with E-state index in [9.17, 15) is 0 Å². The average Bonchev–Trinajstić information content (AvgIpc) is 2.70. The second-order valence-corrected chi connectivity index (χ2v) is 7.55. The van der Waals surface area contributed by atoms with Gasteiger partial charge in [-0.25, -0.2) is 0 Å². The highest BCUT2D eigenvalue weighted by Gasteiger charge is 2.33. The highest BCUT2D eigenvalue weighted by Crippen LogP contribution is 2.25. The minimum atomic E-state index is 0. The molecule has 2 aliphatic rings. The van der Waals surface area contributed by atoms with Crippen LogP contribution in [0.25, 0.3) is 0 Å². The monoisotopic (exact) mass is 504 g/mol. The van der Waals surface area contributed by atoms with E-state index in [4.69, 9.17) is 14.2 Å². The van der Waals surface area contributed by atoms with Crippen LogP contribution in [0.2, 0.25) is 0 Å². The predicted molar refractivity (Wildman–Crippen MR) is 122 cm³/mol. The quantitative estimate of drug-likeness (QED) is 0.336. The van der Waals surface area contributed by atoms with Crippen LogP contribution < -0.4 is 15.4 Å². The van der Waals surface area contributed by atoms with Crippen molar-refractivity contribution in [1.29, 1.82) is 0 Å². The third-order valence-corrected chi connectivity index (χ3v) is 5.26. The van der Waals surface area contributed by atoms with Gasteiger partial charge in [-0.2, -0.15) is 0 Å². The number of nitrogens with one attached hydrogen (secondary N) is 2. The lowest BCUT2D eigenvalue weighted by Crippen LogP contribution is -2.52. The van der Waals surface area contributed by atoms with E-state index in [1.807, 2.05) is 19.2 Å². The number of ether oxygens (including phenoxy) is 3. The summed E-state index contributed by atoms with van der Waals surface area (Å²) in [5.41, 5.74) is 1.47. The van der Waals surface area contributed by atoms with Crippen LogP contribution in [0.15, 0.2) is 29.3 Å². The van der Waals surface area contributed by atoms with Gasteiger partial charge in [-0.1, -0.05) is 19.1 Å². The van der Waals surface area contributed by atoms with Crippen LogP contribution in [0.4, 0.5) is 0 Å². The number of aliphatic imine (C=N–C) groups is 1. The molecule has 3 rings (SSSR count). The molecule has 0 radical (unpaired) electrons. The number of rotatable bonds is 7. The third-order valence-electron chi connectivity index (χ3n) is 5.26. The van der Waals surface area contributed by atoms with Gasteiger partial charge in [0, 0.05) is 38.6 Å². The van der Waals surface area contributed by atoms with E-state index >= 15 is 0 Å². The molecule has 0 amide bonds. The van der Waals surface area contributed by atoms with Crippen LogP contribution >= 0.6 is 24.0 Å². The molecule has 2 fully saturated rings. The summed E-state index contributed by atoms with van der Waals surface area (Å²) in [7, 11) is 3.51. The van der Waals surface area contributed by atoms with Gasteiger partial charge in [-0.15, -0.1) is 24.0 Å². The molecule has 0 spiro atoms. The summed E-state index contributed by atoms with van der Waals surface area (Å²) in [5, 5.41) is 6.93. The van der Waals surface area contributed by atoms with Gasteiger partial charge in [0.05, 0.1) is 39.6 Å². The molecule has 0 aliphatic carbocycles. The molecule has 2 saturated heterocycles. The fraction of sp³-hybridized carbons (Fsp3) is 0.650. The van der Waals surface area contributed by atoms with Crippen molar-refractivity contribution in [1.82, 2.24) is 15.5 Å². The van der Waals surface area contributed by atoms with Gasteiger partial charge in [0.2, 0.25) is 0 Å². The Morgan fingerprint density at radius 2 is 1.86 bits per heavy atom. The second-order valence-electron chi connectivity index (χ2n) is 7.55. The number of benzene rings is 1. The largest absolute Gasteiger partial charge is 0.497 e. The van der Waals surface area contributed by atoms with Gasteiger partial charge in [-0.05, 0) is 17.7 Å². The molecule has 1 aromatic carbocycles. The van der Waals surface area contributed by atoms with Crippen molar-refractivity contribution in [2.45, 2.75) is 13.0 Å².